The van der Waals surface area contributed by atoms with Crippen LogP contribution >= 0.6 is 0 Å². The van der Waals surface area contributed by atoms with Crippen LogP contribution in [0, 0.1) is 0 Å². The Kier molecular flexibility index (Phi) is 10.9. The van der Waals surface area contributed by atoms with E-state index in [-0.39, 0.29) is 0 Å². The van der Waals surface area contributed by atoms with E-state index in [1.165, 1.54) is 0 Å². The predicted molar refractivity (Wildman–Crippen MR) is 259 cm³/mol. The second-order valence-corrected chi connectivity index (χ2v) is 24.5. The van der Waals surface area contributed by atoms with Crippen LogP contribution in [0.1, 0.15) is 71.0 Å². The molecule has 0 aromatic heterocycles. The number of rotatable bonds is 12. The van der Waals surface area contributed by atoms with Gasteiger partial charge in [0.25, 0.3) is 0 Å². The quantitative estimate of drug-likeness (QED) is 0.0906. The molecular weight excluding hydrogens is 833 g/mol. The fourth-order valence-corrected chi connectivity index (χ4v) is 19.7. The molecule has 0 amide bonds. The molecule has 8 aromatic carbocycles. The van der Waals surface area contributed by atoms with E-state index in [9.17, 15) is 0 Å². The zero-order valence-corrected chi connectivity index (χ0v) is 37.7. The normalized spacial score (nSPS) is 15.4. The summed E-state index contributed by atoms with van der Waals surface area (Å²) in [6.07, 6.45) is 8.44. The fraction of sp³-hybridized carbons (Fsp3) is 0.0833. The van der Waals surface area contributed by atoms with Crippen molar-refractivity contribution in [1.82, 2.24) is 0 Å². The number of carbonyl (C=O) groups excluding carboxylic acids is 2. The van der Waals surface area contributed by atoms with Crippen molar-refractivity contribution in [3.8, 4) is 0 Å². The topological polar surface area (TPSA) is 52.6 Å². The molecule has 8 aromatic rings. The van der Waals surface area contributed by atoms with Crippen molar-refractivity contribution in [3.63, 3.8) is 0 Å². The predicted octanol–water partition coefficient (Wildman–Crippen LogP) is 13.0. The molecule has 65 heavy (non-hydrogen) atoms. The Morgan fingerprint density at radius 3 is 0.892 bits per heavy atom. The Morgan fingerprint density at radius 2 is 0.631 bits per heavy atom. The van der Waals surface area contributed by atoms with Gasteiger partial charge in [-0.3, -0.25) is 0 Å². The third kappa shape index (κ3) is 6.59. The summed E-state index contributed by atoms with van der Waals surface area (Å²) in [5, 5.41) is 0. The molecule has 0 saturated heterocycles. The van der Waals surface area contributed by atoms with E-state index >= 15 is 9.59 Å². The van der Waals surface area contributed by atoms with E-state index < -0.39 is 46.8 Å². The molecule has 2 unspecified atom stereocenters. The molecule has 0 heterocycles. The third-order valence-corrected chi connectivity index (χ3v) is 23.0. The Balaban J connectivity index is 1.33. The average Bonchev–Trinajstić information content (AvgIpc) is 4.03. The number of allylic oxidation sites excluding steroid dienone is 2. The van der Waals surface area contributed by atoms with Gasteiger partial charge in [-0.1, -0.05) is 0 Å². The molecular formula is C60H48O4Ti. The van der Waals surface area contributed by atoms with E-state index in [1.807, 2.05) is 217 Å². The molecule has 0 fully saturated rings. The van der Waals surface area contributed by atoms with Crippen molar-refractivity contribution in [2.45, 2.75) is 26.2 Å². The van der Waals surface area contributed by atoms with E-state index in [1.54, 1.807) is 0 Å². The van der Waals surface area contributed by atoms with Crippen molar-refractivity contribution < 1.29 is 31.8 Å². The molecule has 4 nitrogen and oxygen atoms in total. The molecule has 0 N–H and O–H groups in total. The molecule has 0 aliphatic heterocycles. The van der Waals surface area contributed by atoms with Crippen LogP contribution in [0.5, 0.6) is 0 Å². The summed E-state index contributed by atoms with van der Waals surface area (Å²) in [5.41, 5.74) is 5.24. The Morgan fingerprint density at radius 1 is 0.385 bits per heavy atom. The summed E-state index contributed by atoms with van der Waals surface area (Å²) in [7, 11) is 0. The number of carbonyl (C=O) groups is 2. The summed E-state index contributed by atoms with van der Waals surface area (Å²) in [6.45, 7) is 1.95. The molecule has 0 bridgehead atoms. The summed E-state index contributed by atoms with van der Waals surface area (Å²) in [6, 6.07) is 75.5. The van der Waals surface area contributed by atoms with Gasteiger partial charge in [-0.25, -0.2) is 0 Å². The summed E-state index contributed by atoms with van der Waals surface area (Å²) >= 11 is -6.33. The fourth-order valence-electron chi connectivity index (χ4n) is 10.8. The van der Waals surface area contributed by atoms with Gasteiger partial charge < -0.3 is 0 Å². The van der Waals surface area contributed by atoms with Crippen LogP contribution in [0.2, 0.25) is 0 Å². The summed E-state index contributed by atoms with van der Waals surface area (Å²) in [5.74, 6) is -1.05. The first-order valence-corrected chi connectivity index (χ1v) is 26.3. The average molecular weight is 881 g/mol. The van der Waals surface area contributed by atoms with Crippen molar-refractivity contribution >= 4 is 28.4 Å². The monoisotopic (exact) mass is 880 g/mol. The van der Waals surface area contributed by atoms with Gasteiger partial charge in [-0.2, -0.15) is 0 Å². The van der Waals surface area contributed by atoms with Crippen LogP contribution in [-0.2, 0) is 42.7 Å². The summed E-state index contributed by atoms with van der Waals surface area (Å²) < 4.78 is 16.8. The first-order valence-electron chi connectivity index (χ1n) is 22.3. The van der Waals surface area contributed by atoms with Crippen LogP contribution in [0.3, 0.4) is 0 Å². The standard InChI is InChI=1S/2C20H16O2.2C9H7.C2H4.Ti/c2*21-19(22)20(16-10-4-1-5-11-16,17-12-6-2-7-13-17)18-14-8-3-9-15-18;2*1-2-5-9-7-3-6-8(9)4-1;1-2;/h2*1-15H,(H,21,22);2*1-7H;1H,2H3;/q;;;;;+2/p-2. The maximum absolute atomic E-state index is 17.0. The van der Waals surface area contributed by atoms with Crippen molar-refractivity contribution in [2.75, 3.05) is 0 Å². The van der Waals surface area contributed by atoms with Crippen LogP contribution in [0.25, 0.3) is 12.2 Å². The van der Waals surface area contributed by atoms with Crippen molar-refractivity contribution in [1.29, 1.82) is 0 Å². The Hall–Kier alpha value is -7.24. The molecule has 0 spiro atoms. The van der Waals surface area contributed by atoms with Gasteiger partial charge in [0.2, 0.25) is 0 Å². The zero-order valence-electron chi connectivity index (χ0n) is 36.1. The second kappa shape index (κ2) is 17.0. The minimum absolute atomic E-state index is 0.524. The molecule has 0 radical (unpaired) electrons. The number of fused-ring (bicyclic) bond motifs is 2. The molecule has 2 aliphatic rings. The first kappa shape index (κ1) is 41.8. The van der Waals surface area contributed by atoms with E-state index in [0.29, 0.717) is 0 Å². The summed E-state index contributed by atoms with van der Waals surface area (Å²) in [4.78, 5) is 34.0. The molecule has 5 heteroatoms. The van der Waals surface area contributed by atoms with Gasteiger partial charge in [0.1, 0.15) is 0 Å². The number of hydrogen-bond acceptors (Lipinski definition) is 4. The maximum atomic E-state index is 17.0. The minimum atomic E-state index is -6.33. The van der Waals surface area contributed by atoms with E-state index in [4.69, 9.17) is 6.64 Å². The van der Waals surface area contributed by atoms with Crippen LogP contribution < -0.4 is 0 Å². The second-order valence-electron chi connectivity index (χ2n) is 17.0. The van der Waals surface area contributed by atoms with Gasteiger partial charge >= 0.3 is 385 Å². The molecule has 2 aliphatic carbocycles. The molecule has 2 atom stereocenters. The first-order chi connectivity index (χ1) is 32.0. The third-order valence-electron chi connectivity index (χ3n) is 13.9. The molecule has 0 saturated carbocycles. The number of benzene rings is 8. The SMILES string of the molecule is C[CH]=[Ti]([O]C(=O)C(c1ccccc1)(c1ccccc1)c1ccccc1)([O]C(=O)C(c1ccccc1)(c1ccccc1)c1ccccc1)([CH]1C=Cc2ccccc21)[CH]1C=Cc2ccccc21. The molecule has 10 rings (SSSR count). The van der Waals surface area contributed by atoms with Gasteiger partial charge in [0.15, 0.2) is 0 Å². The zero-order chi connectivity index (χ0) is 44.3. The van der Waals surface area contributed by atoms with Crippen LogP contribution in [0.4, 0.5) is 0 Å². The van der Waals surface area contributed by atoms with Crippen molar-refractivity contribution in [3.05, 3.63) is 298 Å². The van der Waals surface area contributed by atoms with E-state index in [0.717, 1.165) is 55.6 Å². The van der Waals surface area contributed by atoms with Gasteiger partial charge in [-0.15, -0.1) is 0 Å². The Labute approximate surface area is 382 Å². The molecule has 316 valence electrons. The van der Waals surface area contributed by atoms with Crippen LogP contribution in [0.15, 0.2) is 243 Å². The van der Waals surface area contributed by atoms with Crippen LogP contribution in [-0.4, -0.2) is 16.3 Å². The van der Waals surface area contributed by atoms with Gasteiger partial charge in [0, 0.05) is 0 Å². The van der Waals surface area contributed by atoms with Crippen molar-refractivity contribution in [2.24, 2.45) is 0 Å². The van der Waals surface area contributed by atoms with Gasteiger partial charge in [0.05, 0.1) is 0 Å². The van der Waals surface area contributed by atoms with Gasteiger partial charge in [-0.05, 0) is 0 Å². The Bertz CT molecular complexity index is 2720. The van der Waals surface area contributed by atoms with E-state index in [2.05, 4.69) is 48.6 Å². The number of hydrogen-bond donors (Lipinski definition) is 0.